The molecule has 0 atom stereocenters. The maximum absolute atomic E-state index is 10.9. The van der Waals surface area contributed by atoms with E-state index in [2.05, 4.69) is 11.9 Å². The highest BCUT2D eigenvalue weighted by molar-refractivity contribution is 7.09. The third-order valence-electron chi connectivity index (χ3n) is 2.19. The fraction of sp³-hybridized carbons (Fsp3) is 0.545. The Hall–Kier alpha value is -1.47. The molecule has 18 heavy (non-hydrogen) atoms. The molecule has 0 fully saturated rings. The number of carbonyl (C=O) groups excluding carboxylic acids is 1. The Labute approximate surface area is 109 Å². The number of aromatic nitrogens is 1. The van der Waals surface area contributed by atoms with Gasteiger partial charge in [-0.2, -0.15) is 0 Å². The van der Waals surface area contributed by atoms with Gasteiger partial charge in [-0.05, 0) is 12.8 Å². The number of nitrogens with two attached hydrogens (primary N) is 1. The molecule has 3 N–H and O–H groups in total. The Kier molecular flexibility index (Phi) is 5.73. The van der Waals surface area contributed by atoms with Crippen LogP contribution in [0.3, 0.4) is 0 Å². The lowest BCUT2D eigenvalue weighted by atomic mass is 10.3. The predicted octanol–water partition coefficient (Wildman–Crippen LogP) is 0.467. The number of amides is 1. The number of hydrogen-bond donors (Lipinski definition) is 2. The lowest BCUT2D eigenvalue weighted by Gasteiger charge is -2.16. The van der Waals surface area contributed by atoms with Gasteiger partial charge in [0.25, 0.3) is 0 Å². The van der Waals surface area contributed by atoms with Crippen LogP contribution < -0.4 is 5.73 Å². The Morgan fingerprint density at radius 3 is 2.78 bits per heavy atom. The molecule has 0 bridgehead atoms. The molecular weight excluding hydrogens is 254 g/mol. The van der Waals surface area contributed by atoms with Crippen LogP contribution in [-0.4, -0.2) is 40.0 Å². The zero-order chi connectivity index (χ0) is 13.5. The fourth-order valence-corrected chi connectivity index (χ4v) is 2.45. The molecule has 1 aromatic rings. The van der Waals surface area contributed by atoms with E-state index < -0.39 is 11.9 Å². The number of thiazole rings is 1. The van der Waals surface area contributed by atoms with Crippen molar-refractivity contribution in [2.75, 3.05) is 13.1 Å². The van der Waals surface area contributed by atoms with E-state index in [1.807, 2.05) is 5.38 Å². The molecule has 1 amide bonds. The van der Waals surface area contributed by atoms with E-state index in [1.165, 1.54) is 4.90 Å². The van der Waals surface area contributed by atoms with E-state index in [-0.39, 0.29) is 13.1 Å². The molecule has 0 radical (unpaired) electrons. The first-order valence-electron chi connectivity index (χ1n) is 5.67. The van der Waals surface area contributed by atoms with Gasteiger partial charge < -0.3 is 10.8 Å². The summed E-state index contributed by atoms with van der Waals surface area (Å²) >= 11 is 1.55. The van der Waals surface area contributed by atoms with E-state index in [4.69, 9.17) is 10.8 Å². The van der Waals surface area contributed by atoms with Crippen molar-refractivity contribution < 1.29 is 14.7 Å². The second-order valence-electron chi connectivity index (χ2n) is 3.99. The highest BCUT2D eigenvalue weighted by Gasteiger charge is 2.14. The number of carboxylic acid groups (broad SMARTS) is 1. The predicted molar refractivity (Wildman–Crippen MR) is 68.2 cm³/mol. The second-order valence-corrected chi connectivity index (χ2v) is 4.93. The van der Waals surface area contributed by atoms with Crippen LogP contribution in [0.4, 0.5) is 0 Å². The van der Waals surface area contributed by atoms with E-state index >= 15 is 0 Å². The van der Waals surface area contributed by atoms with Crippen LogP contribution in [0.15, 0.2) is 5.38 Å². The minimum absolute atomic E-state index is 0.0765. The van der Waals surface area contributed by atoms with Gasteiger partial charge in [0.05, 0.1) is 23.8 Å². The zero-order valence-electron chi connectivity index (χ0n) is 10.3. The topological polar surface area (TPSA) is 96.5 Å². The zero-order valence-corrected chi connectivity index (χ0v) is 11.1. The van der Waals surface area contributed by atoms with E-state index in [0.717, 1.165) is 23.5 Å². The van der Waals surface area contributed by atoms with Crippen molar-refractivity contribution >= 4 is 23.2 Å². The molecular formula is C11H17N3O3S. The number of nitrogens with zero attached hydrogens (tertiary/aromatic N) is 2. The Bertz CT molecular complexity index is 403. The van der Waals surface area contributed by atoms with Crippen molar-refractivity contribution in [1.82, 2.24) is 9.88 Å². The first-order chi connectivity index (χ1) is 8.51. The Balaban J connectivity index is 2.62. The van der Waals surface area contributed by atoms with Gasteiger partial charge in [0.1, 0.15) is 0 Å². The number of hydrogen-bond acceptors (Lipinski definition) is 5. The summed E-state index contributed by atoms with van der Waals surface area (Å²) in [6.07, 6.45) is 1.94. The smallest absolute Gasteiger partial charge is 0.317 e. The number of carbonyl (C=O) groups is 2. The van der Waals surface area contributed by atoms with Crippen molar-refractivity contribution in [3.63, 3.8) is 0 Å². The normalized spacial score (nSPS) is 10.8. The highest BCUT2D eigenvalue weighted by atomic mass is 32.1. The molecule has 100 valence electrons. The molecule has 7 heteroatoms. The van der Waals surface area contributed by atoms with Gasteiger partial charge in [-0.3, -0.25) is 14.5 Å². The molecule has 6 nitrogen and oxygen atoms in total. The number of rotatable bonds is 8. The van der Waals surface area contributed by atoms with Crippen molar-refractivity contribution in [3.8, 4) is 0 Å². The SMILES string of the molecule is CCCc1nc(CN(CC(N)=O)CC(=O)O)cs1. The number of aryl methyl sites for hydroxylation is 1. The number of aliphatic carboxylic acids is 1. The maximum Gasteiger partial charge on any atom is 0.317 e. The standard InChI is InChI=1S/C11H17N3O3S/c1-2-3-10-13-8(7-18-10)4-14(5-9(12)15)6-11(16)17/h7H,2-6H2,1H3,(H2,12,15)(H,16,17). The van der Waals surface area contributed by atoms with Gasteiger partial charge in [0.2, 0.25) is 5.91 Å². The van der Waals surface area contributed by atoms with Gasteiger partial charge in [-0.25, -0.2) is 4.98 Å². The average molecular weight is 271 g/mol. The molecule has 0 aliphatic rings. The van der Waals surface area contributed by atoms with Gasteiger partial charge in [-0.15, -0.1) is 11.3 Å². The average Bonchev–Trinajstić information content (AvgIpc) is 2.64. The van der Waals surface area contributed by atoms with Crippen molar-refractivity contribution in [2.24, 2.45) is 5.73 Å². The highest BCUT2D eigenvalue weighted by Crippen LogP contribution is 2.13. The Morgan fingerprint density at radius 2 is 2.22 bits per heavy atom. The van der Waals surface area contributed by atoms with Gasteiger partial charge >= 0.3 is 5.97 Å². The summed E-state index contributed by atoms with van der Waals surface area (Å²) in [6, 6.07) is 0. The van der Waals surface area contributed by atoms with Gasteiger partial charge in [0.15, 0.2) is 0 Å². The van der Waals surface area contributed by atoms with Crippen LogP contribution in [-0.2, 0) is 22.6 Å². The van der Waals surface area contributed by atoms with Crippen molar-refractivity contribution in [2.45, 2.75) is 26.3 Å². The first kappa shape index (κ1) is 14.6. The van der Waals surface area contributed by atoms with Crippen LogP contribution >= 0.6 is 11.3 Å². The van der Waals surface area contributed by atoms with Crippen LogP contribution in [0.2, 0.25) is 0 Å². The molecule has 0 saturated heterocycles. The third kappa shape index (κ3) is 5.24. The molecule has 0 unspecified atom stereocenters. The fourth-order valence-electron chi connectivity index (χ4n) is 1.56. The number of primary amides is 1. The van der Waals surface area contributed by atoms with E-state index in [9.17, 15) is 9.59 Å². The molecule has 1 heterocycles. The van der Waals surface area contributed by atoms with Crippen LogP contribution in [0.1, 0.15) is 24.0 Å². The maximum atomic E-state index is 10.9. The minimum atomic E-state index is -0.986. The summed E-state index contributed by atoms with van der Waals surface area (Å²) in [6.45, 7) is 2.11. The molecule has 1 aromatic heterocycles. The molecule has 0 aliphatic heterocycles. The van der Waals surface area contributed by atoms with Crippen LogP contribution in [0.5, 0.6) is 0 Å². The summed E-state index contributed by atoms with van der Waals surface area (Å²) in [4.78, 5) is 27.4. The van der Waals surface area contributed by atoms with Crippen LogP contribution in [0.25, 0.3) is 0 Å². The lowest BCUT2D eigenvalue weighted by molar-refractivity contribution is -0.138. The first-order valence-corrected chi connectivity index (χ1v) is 6.55. The summed E-state index contributed by atoms with van der Waals surface area (Å²) in [5.41, 5.74) is 5.87. The molecule has 0 aliphatic carbocycles. The number of carboxylic acids is 1. The largest absolute Gasteiger partial charge is 0.480 e. The summed E-state index contributed by atoms with van der Waals surface area (Å²) in [5.74, 6) is -1.53. The monoisotopic (exact) mass is 271 g/mol. The third-order valence-corrected chi connectivity index (χ3v) is 3.14. The van der Waals surface area contributed by atoms with Crippen molar-refractivity contribution in [1.29, 1.82) is 0 Å². The van der Waals surface area contributed by atoms with Gasteiger partial charge in [-0.1, -0.05) is 6.92 Å². The second kappa shape index (κ2) is 7.07. The van der Waals surface area contributed by atoms with Crippen LogP contribution in [0, 0.1) is 0 Å². The quantitative estimate of drug-likeness (QED) is 0.716. The summed E-state index contributed by atoms with van der Waals surface area (Å²) in [7, 11) is 0. The van der Waals surface area contributed by atoms with Gasteiger partial charge in [0, 0.05) is 11.9 Å². The molecule has 0 spiro atoms. The summed E-state index contributed by atoms with van der Waals surface area (Å²) in [5, 5.41) is 11.7. The van der Waals surface area contributed by atoms with E-state index in [1.54, 1.807) is 11.3 Å². The summed E-state index contributed by atoms with van der Waals surface area (Å²) < 4.78 is 0. The Morgan fingerprint density at radius 1 is 1.50 bits per heavy atom. The molecule has 0 aromatic carbocycles. The lowest BCUT2D eigenvalue weighted by Crippen LogP contribution is -2.36. The van der Waals surface area contributed by atoms with E-state index in [0.29, 0.717) is 6.54 Å². The minimum Gasteiger partial charge on any atom is -0.480 e. The van der Waals surface area contributed by atoms with Crippen molar-refractivity contribution in [3.05, 3.63) is 16.1 Å². The molecule has 0 saturated carbocycles. The molecule has 1 rings (SSSR count).